The maximum atomic E-state index is 5.55. The van der Waals surface area contributed by atoms with Crippen LogP contribution in [0.3, 0.4) is 0 Å². The van der Waals surface area contributed by atoms with Crippen molar-refractivity contribution in [1.29, 1.82) is 0 Å². The molecule has 0 bridgehead atoms. The molecule has 0 spiro atoms. The lowest BCUT2D eigenvalue weighted by atomic mass is 9.91. The van der Waals surface area contributed by atoms with Crippen LogP contribution in [-0.2, 0) is 6.54 Å². The number of fused-ring (bicyclic) bond motifs is 1. The fraction of sp³-hybridized carbons (Fsp3) is 0.0189. The monoisotopic (exact) mass is 856 g/mol. The van der Waals surface area contributed by atoms with Gasteiger partial charge in [-0.25, -0.2) is 15.0 Å². The first kappa shape index (κ1) is 36.8. The van der Waals surface area contributed by atoms with Gasteiger partial charge < -0.3 is 0 Å². The highest BCUT2D eigenvalue weighted by Gasteiger charge is 2.21. The molecule has 0 saturated carbocycles. The molecule has 0 aliphatic rings. The summed E-state index contributed by atoms with van der Waals surface area (Å²) in [7, 11) is 0. The van der Waals surface area contributed by atoms with Gasteiger partial charge in [-0.15, -0.1) is 0 Å². The minimum absolute atomic E-state index is 0.497. The molecule has 0 amide bonds. The minimum Gasteiger partial charge on any atom is -0.261 e. The SMILES string of the molecule is IC(=NC(=NCc1ccccc1)c1ccc2ccccc2c1-c1cccc(-c2nc(-c3ccccc3)c(-c3ccccc3)nc2-c2ccccc2)c1)c1ccccc1. The van der Waals surface area contributed by atoms with Crippen LogP contribution in [0.1, 0.15) is 16.7 Å². The zero-order chi connectivity index (χ0) is 39.1. The molecule has 276 valence electrons. The van der Waals surface area contributed by atoms with Gasteiger partial charge in [0.25, 0.3) is 0 Å². The van der Waals surface area contributed by atoms with Crippen molar-refractivity contribution < 1.29 is 0 Å². The van der Waals surface area contributed by atoms with Crippen molar-refractivity contribution in [1.82, 2.24) is 9.97 Å². The number of hydrogen-bond donors (Lipinski definition) is 0. The minimum atomic E-state index is 0.497. The van der Waals surface area contributed by atoms with Crippen LogP contribution >= 0.6 is 22.6 Å². The molecule has 4 nitrogen and oxygen atoms in total. The quantitative estimate of drug-likeness (QED) is 0.0825. The standard InChI is InChI=1S/C53H37IN4/c54-52(42-28-14-5-15-29-42)58-53(55-36-37-19-6-1-7-20-37)46-34-33-38-21-16-17-32-45(38)47(46)43-30-18-31-44(35-43)51-50(41-26-12-4-13-27-41)56-48(39-22-8-2-9-23-39)49(57-51)40-24-10-3-11-25-40/h1-35H,36H2. The first-order valence-electron chi connectivity index (χ1n) is 19.3. The number of nitrogens with zero attached hydrogens (tertiary/aromatic N) is 4. The Morgan fingerprint density at radius 1 is 0.431 bits per heavy atom. The summed E-state index contributed by atoms with van der Waals surface area (Å²) >= 11 is 2.34. The summed E-state index contributed by atoms with van der Waals surface area (Å²) in [4.78, 5) is 21.5. The summed E-state index contributed by atoms with van der Waals surface area (Å²) in [6.07, 6.45) is 0. The topological polar surface area (TPSA) is 50.5 Å². The molecule has 0 saturated heterocycles. The van der Waals surface area contributed by atoms with Crippen molar-refractivity contribution in [3.05, 3.63) is 229 Å². The average molecular weight is 857 g/mol. The lowest BCUT2D eigenvalue weighted by molar-refractivity contribution is 1.06. The molecule has 0 N–H and O–H groups in total. The van der Waals surface area contributed by atoms with E-state index in [9.17, 15) is 0 Å². The Bertz CT molecular complexity index is 2890. The molecule has 58 heavy (non-hydrogen) atoms. The van der Waals surface area contributed by atoms with Crippen LogP contribution < -0.4 is 0 Å². The van der Waals surface area contributed by atoms with Gasteiger partial charge >= 0.3 is 0 Å². The van der Waals surface area contributed by atoms with Crippen molar-refractivity contribution in [3.8, 4) is 56.2 Å². The second kappa shape index (κ2) is 17.1. The summed E-state index contributed by atoms with van der Waals surface area (Å²) in [5.41, 5.74) is 12.5. The first-order valence-corrected chi connectivity index (χ1v) is 20.4. The van der Waals surface area contributed by atoms with Gasteiger partial charge in [-0.1, -0.05) is 200 Å². The van der Waals surface area contributed by atoms with Crippen molar-refractivity contribution in [2.75, 3.05) is 0 Å². The van der Waals surface area contributed by atoms with Crippen molar-refractivity contribution >= 4 is 42.9 Å². The van der Waals surface area contributed by atoms with Gasteiger partial charge in [0.15, 0.2) is 5.84 Å². The van der Waals surface area contributed by atoms with Gasteiger partial charge in [-0.05, 0) is 56.6 Å². The Balaban J connectivity index is 1.27. The highest BCUT2D eigenvalue weighted by Crippen LogP contribution is 2.40. The van der Waals surface area contributed by atoms with Crippen molar-refractivity contribution in [3.63, 3.8) is 0 Å². The van der Waals surface area contributed by atoms with E-state index in [-0.39, 0.29) is 0 Å². The van der Waals surface area contributed by atoms with E-state index in [0.29, 0.717) is 12.4 Å². The van der Waals surface area contributed by atoms with Gasteiger partial charge in [-0.3, -0.25) is 4.99 Å². The Kier molecular flexibility index (Phi) is 10.9. The fourth-order valence-corrected chi connectivity index (χ4v) is 7.87. The molecule has 0 atom stereocenters. The van der Waals surface area contributed by atoms with E-state index in [0.717, 1.165) is 87.3 Å². The van der Waals surface area contributed by atoms with Crippen LogP contribution in [-0.4, -0.2) is 19.5 Å². The summed E-state index contributed by atoms with van der Waals surface area (Å²) in [6.45, 7) is 0.497. The number of aliphatic imine (C=N–C) groups is 2. The van der Waals surface area contributed by atoms with Gasteiger partial charge in [0.05, 0.1) is 29.3 Å². The number of halogens is 1. The zero-order valence-electron chi connectivity index (χ0n) is 31.6. The van der Waals surface area contributed by atoms with Crippen LogP contribution in [0.5, 0.6) is 0 Å². The lowest BCUT2D eigenvalue weighted by Gasteiger charge is -2.18. The van der Waals surface area contributed by atoms with Crippen LogP contribution in [0.15, 0.2) is 222 Å². The number of hydrogen-bond acceptors (Lipinski definition) is 3. The van der Waals surface area contributed by atoms with E-state index in [1.54, 1.807) is 0 Å². The summed E-state index contributed by atoms with van der Waals surface area (Å²) in [5, 5.41) is 2.26. The van der Waals surface area contributed by atoms with E-state index in [1.807, 2.05) is 42.5 Å². The summed E-state index contributed by atoms with van der Waals surface area (Å²) in [6, 6.07) is 73.3. The van der Waals surface area contributed by atoms with Gasteiger partial charge in [0.1, 0.15) is 3.72 Å². The third-order valence-electron chi connectivity index (χ3n) is 10.1. The highest BCUT2D eigenvalue weighted by molar-refractivity contribution is 14.1. The number of aromatic nitrogens is 2. The Morgan fingerprint density at radius 3 is 1.48 bits per heavy atom. The summed E-state index contributed by atoms with van der Waals surface area (Å²) < 4.78 is 0.868. The average Bonchev–Trinajstić information content (AvgIpc) is 3.31. The Hall–Kier alpha value is -6.83. The molecule has 8 aromatic carbocycles. The smallest absolute Gasteiger partial charge is 0.156 e. The maximum absolute atomic E-state index is 5.55. The normalized spacial score (nSPS) is 11.8. The van der Waals surface area contributed by atoms with Gasteiger partial charge in [0.2, 0.25) is 0 Å². The van der Waals surface area contributed by atoms with Crippen LogP contribution in [0.2, 0.25) is 0 Å². The van der Waals surface area contributed by atoms with E-state index < -0.39 is 0 Å². The molecule has 0 unspecified atom stereocenters. The largest absolute Gasteiger partial charge is 0.261 e. The van der Waals surface area contributed by atoms with Crippen molar-refractivity contribution in [2.45, 2.75) is 6.54 Å². The lowest BCUT2D eigenvalue weighted by Crippen LogP contribution is -2.06. The molecule has 5 heteroatoms. The summed E-state index contributed by atoms with van der Waals surface area (Å²) in [5.74, 6) is 0.673. The fourth-order valence-electron chi connectivity index (χ4n) is 7.28. The molecule has 0 aliphatic heterocycles. The number of amidine groups is 1. The molecule has 9 aromatic rings. The molecule has 1 aromatic heterocycles. The Morgan fingerprint density at radius 2 is 0.897 bits per heavy atom. The second-order valence-corrected chi connectivity index (χ2v) is 14.9. The van der Waals surface area contributed by atoms with E-state index in [4.69, 9.17) is 20.0 Å². The zero-order valence-corrected chi connectivity index (χ0v) is 33.7. The second-order valence-electron chi connectivity index (χ2n) is 13.9. The third-order valence-corrected chi connectivity index (χ3v) is 11.0. The predicted molar refractivity (Wildman–Crippen MR) is 250 cm³/mol. The van der Waals surface area contributed by atoms with Gasteiger partial charge in [-0.2, -0.15) is 0 Å². The van der Waals surface area contributed by atoms with Gasteiger partial charge in [0, 0.05) is 38.9 Å². The third kappa shape index (κ3) is 7.90. The molecular weight excluding hydrogens is 820 g/mol. The van der Waals surface area contributed by atoms with Crippen LogP contribution in [0.4, 0.5) is 0 Å². The van der Waals surface area contributed by atoms with Crippen LogP contribution in [0, 0.1) is 0 Å². The predicted octanol–water partition coefficient (Wildman–Crippen LogP) is 13.8. The maximum Gasteiger partial charge on any atom is 0.156 e. The molecule has 0 radical (unpaired) electrons. The number of rotatable bonds is 9. The molecular formula is C53H37IN4. The van der Waals surface area contributed by atoms with E-state index in [1.165, 1.54) is 0 Å². The first-order chi connectivity index (χ1) is 28.7. The molecule has 9 rings (SSSR count). The van der Waals surface area contributed by atoms with E-state index >= 15 is 0 Å². The van der Waals surface area contributed by atoms with Crippen LogP contribution in [0.25, 0.3) is 66.9 Å². The van der Waals surface area contributed by atoms with Crippen molar-refractivity contribution in [2.24, 2.45) is 9.98 Å². The number of benzene rings is 8. The Labute approximate surface area is 352 Å². The molecule has 0 aliphatic carbocycles. The highest BCUT2D eigenvalue weighted by atomic mass is 127. The molecule has 1 heterocycles. The van der Waals surface area contributed by atoms with E-state index in [2.05, 4.69) is 192 Å². The molecule has 0 fully saturated rings.